The van der Waals surface area contributed by atoms with Crippen molar-refractivity contribution in [1.82, 2.24) is 0 Å². The molecule has 0 bridgehead atoms. The number of rotatable bonds is 0. The molecular formula is C5H2K2O5. The fourth-order valence-corrected chi connectivity index (χ4v) is 0.533. The van der Waals surface area contributed by atoms with E-state index in [1.807, 2.05) is 0 Å². The van der Waals surface area contributed by atoms with E-state index in [9.17, 15) is 14.4 Å². The van der Waals surface area contributed by atoms with E-state index in [1.165, 1.54) is 0 Å². The van der Waals surface area contributed by atoms with E-state index in [-0.39, 0.29) is 103 Å². The summed E-state index contributed by atoms with van der Waals surface area (Å²) in [5.74, 6) is -2.31. The Hall–Kier alpha value is 1.62. The Balaban J connectivity index is 0. The number of hydrogen-bond acceptors (Lipinski definition) is 5. The first-order valence-electron chi connectivity index (χ1n) is 2.31. The quantitative estimate of drug-likeness (QED) is 0.366. The summed E-state index contributed by atoms with van der Waals surface area (Å²) in [7, 11) is 0. The van der Waals surface area contributed by atoms with Gasteiger partial charge >= 0.3 is 0 Å². The summed E-state index contributed by atoms with van der Waals surface area (Å²) in [6.45, 7) is 0. The zero-order valence-electron chi connectivity index (χ0n) is 6.62. The average Bonchev–Trinajstić information content (AvgIpc) is 2.07. The molecule has 0 heterocycles. The van der Waals surface area contributed by atoms with Gasteiger partial charge in [-0.1, -0.05) is 0 Å². The Morgan fingerprint density at radius 1 is 0.667 bits per heavy atom. The summed E-state index contributed by atoms with van der Waals surface area (Å²) in [4.78, 5) is 30.8. The van der Waals surface area contributed by atoms with Crippen LogP contribution in [0.15, 0.2) is 14.4 Å². The van der Waals surface area contributed by atoms with Gasteiger partial charge in [0.2, 0.25) is 11.5 Å². The van der Waals surface area contributed by atoms with Gasteiger partial charge in [-0.25, -0.2) is 0 Å². The van der Waals surface area contributed by atoms with Gasteiger partial charge in [-0.3, -0.25) is 14.4 Å². The predicted molar refractivity (Wildman–Crippen MR) is 42.5 cm³/mol. The summed E-state index contributed by atoms with van der Waals surface area (Å²) in [6, 6.07) is 0. The Labute approximate surface area is 151 Å². The minimum Gasteiger partial charge on any atom is -0.501 e. The smallest absolute Gasteiger partial charge is 0.280 e. The molecule has 2 radical (unpaired) electrons. The maximum Gasteiger partial charge on any atom is 0.280 e. The molecule has 0 spiro atoms. The molecule has 1 aromatic carbocycles. The molecule has 1 rings (SSSR count). The van der Waals surface area contributed by atoms with Crippen molar-refractivity contribution < 1.29 is 10.2 Å². The minimum atomic E-state index is -1.39. The molecule has 0 saturated carbocycles. The van der Waals surface area contributed by atoms with Crippen molar-refractivity contribution in [3.63, 3.8) is 0 Å². The van der Waals surface area contributed by atoms with Gasteiger partial charge in [0.05, 0.1) is 0 Å². The van der Waals surface area contributed by atoms with E-state index in [0.29, 0.717) is 0 Å². The molecule has 7 heteroatoms. The van der Waals surface area contributed by atoms with Crippen molar-refractivity contribution in [2.24, 2.45) is 0 Å². The third-order valence-corrected chi connectivity index (χ3v) is 1.07. The zero-order valence-corrected chi connectivity index (χ0v) is 12.9. The minimum absolute atomic E-state index is 0. The molecule has 5 nitrogen and oxygen atoms in total. The summed E-state index contributed by atoms with van der Waals surface area (Å²) < 4.78 is 0. The molecule has 12 heavy (non-hydrogen) atoms. The normalized spacial score (nSPS) is 8.33. The molecule has 0 saturated heterocycles. The number of hydrogen-bond donors (Lipinski definition) is 2. The van der Waals surface area contributed by atoms with Gasteiger partial charge in [0.1, 0.15) is 0 Å². The third-order valence-electron chi connectivity index (χ3n) is 1.07. The standard InChI is InChI=1S/C5H2O5.2K/c6-1-2(7)4(9)5(10)3(1)8;;/h6-7H;;. The van der Waals surface area contributed by atoms with Crippen molar-refractivity contribution >= 4 is 103 Å². The van der Waals surface area contributed by atoms with Crippen molar-refractivity contribution in [1.29, 1.82) is 0 Å². The summed E-state index contributed by atoms with van der Waals surface area (Å²) in [5.41, 5.74) is -4.08. The van der Waals surface area contributed by atoms with Gasteiger partial charge < -0.3 is 10.2 Å². The Bertz CT molecular complexity index is 366. The Morgan fingerprint density at radius 3 is 1.00 bits per heavy atom. The van der Waals surface area contributed by atoms with E-state index in [0.717, 1.165) is 0 Å². The van der Waals surface area contributed by atoms with E-state index in [2.05, 4.69) is 0 Å². The topological polar surface area (TPSA) is 91.7 Å². The molecule has 0 aromatic heterocycles. The molecule has 1 aromatic rings. The second kappa shape index (κ2) is 6.17. The van der Waals surface area contributed by atoms with Crippen molar-refractivity contribution in [3.8, 4) is 11.5 Å². The molecule has 0 atom stereocenters. The van der Waals surface area contributed by atoms with E-state index < -0.39 is 27.8 Å². The van der Waals surface area contributed by atoms with Crippen LogP contribution in [0.1, 0.15) is 0 Å². The van der Waals surface area contributed by atoms with E-state index in [4.69, 9.17) is 10.2 Å². The summed E-state index contributed by atoms with van der Waals surface area (Å²) in [6.07, 6.45) is 0. The van der Waals surface area contributed by atoms with E-state index >= 15 is 0 Å². The van der Waals surface area contributed by atoms with Crippen LogP contribution in [0.4, 0.5) is 0 Å². The first kappa shape index (κ1) is 16.1. The summed E-state index contributed by atoms with van der Waals surface area (Å²) in [5, 5.41) is 16.9. The Kier molecular flexibility index (Phi) is 8.26. The second-order valence-corrected chi connectivity index (χ2v) is 1.68. The van der Waals surface area contributed by atoms with Crippen LogP contribution in [0.2, 0.25) is 0 Å². The molecular weight excluding hydrogens is 218 g/mol. The van der Waals surface area contributed by atoms with E-state index in [1.54, 1.807) is 0 Å². The molecule has 0 aliphatic rings. The van der Waals surface area contributed by atoms with Crippen molar-refractivity contribution in [2.45, 2.75) is 0 Å². The molecule has 0 amide bonds. The van der Waals surface area contributed by atoms with Gasteiger partial charge in [-0.05, 0) is 0 Å². The van der Waals surface area contributed by atoms with Crippen LogP contribution in [0.5, 0.6) is 11.5 Å². The van der Waals surface area contributed by atoms with Crippen molar-refractivity contribution in [3.05, 3.63) is 30.7 Å². The first-order valence-corrected chi connectivity index (χ1v) is 2.31. The molecule has 2 N–H and O–H groups in total. The van der Waals surface area contributed by atoms with Crippen molar-refractivity contribution in [2.75, 3.05) is 0 Å². The van der Waals surface area contributed by atoms with Crippen LogP contribution in [-0.4, -0.2) is 113 Å². The second-order valence-electron chi connectivity index (χ2n) is 1.68. The van der Waals surface area contributed by atoms with Gasteiger partial charge in [-0.15, -0.1) is 0 Å². The van der Waals surface area contributed by atoms with Crippen LogP contribution >= 0.6 is 0 Å². The summed E-state index contributed by atoms with van der Waals surface area (Å²) >= 11 is 0. The van der Waals surface area contributed by atoms with Crippen LogP contribution in [0.3, 0.4) is 0 Å². The fraction of sp³-hybridized carbons (Fsp3) is 0. The fourth-order valence-electron chi connectivity index (χ4n) is 0.533. The molecule has 0 aliphatic heterocycles. The molecule has 0 aliphatic carbocycles. The van der Waals surface area contributed by atoms with Crippen LogP contribution in [0.25, 0.3) is 0 Å². The van der Waals surface area contributed by atoms with Crippen LogP contribution in [0, 0.1) is 0 Å². The van der Waals surface area contributed by atoms with Crippen LogP contribution < -0.4 is 16.3 Å². The van der Waals surface area contributed by atoms with Gasteiger partial charge in [0, 0.05) is 103 Å². The molecule has 0 fully saturated rings. The zero-order chi connectivity index (χ0) is 7.89. The first-order chi connectivity index (χ1) is 4.55. The Morgan fingerprint density at radius 2 is 0.917 bits per heavy atom. The number of aromatic hydroxyl groups is 2. The van der Waals surface area contributed by atoms with Gasteiger partial charge in [0.15, 0.2) is 0 Å². The predicted octanol–water partition coefficient (Wildman–Crippen LogP) is -2.71. The molecule has 0 unspecified atom stereocenters. The van der Waals surface area contributed by atoms with Crippen LogP contribution in [-0.2, 0) is 0 Å². The maximum absolute atomic E-state index is 10.3. The molecule has 54 valence electrons. The average molecular weight is 220 g/mol. The van der Waals surface area contributed by atoms with Gasteiger partial charge in [0.25, 0.3) is 16.3 Å². The largest absolute Gasteiger partial charge is 0.501 e. The van der Waals surface area contributed by atoms with Gasteiger partial charge in [-0.2, -0.15) is 0 Å². The monoisotopic (exact) mass is 220 g/mol. The maximum atomic E-state index is 10.3. The third kappa shape index (κ3) is 2.81. The SMILES string of the molecule is O=c1c(O)c(O)c(=O)c1=O.[K].[K].